The number of amides is 1. The van der Waals surface area contributed by atoms with Crippen LogP contribution in [0.4, 0.5) is 5.69 Å². The van der Waals surface area contributed by atoms with Gasteiger partial charge in [-0.2, -0.15) is 0 Å². The monoisotopic (exact) mass is 555 g/mol. The second kappa shape index (κ2) is 11.2. The maximum absolute atomic E-state index is 12.8. The molecule has 0 fully saturated rings. The van der Waals surface area contributed by atoms with Crippen molar-refractivity contribution in [3.8, 4) is 22.5 Å². The number of nitrogens with one attached hydrogen (secondary N) is 1. The van der Waals surface area contributed by atoms with Crippen molar-refractivity contribution in [1.82, 2.24) is 9.97 Å². The van der Waals surface area contributed by atoms with Gasteiger partial charge in [0.2, 0.25) is 0 Å². The maximum Gasteiger partial charge on any atom is 0.338 e. The highest BCUT2D eigenvalue weighted by molar-refractivity contribution is 6.36. The van der Waals surface area contributed by atoms with Crippen LogP contribution in [-0.2, 0) is 9.53 Å². The van der Waals surface area contributed by atoms with E-state index in [9.17, 15) is 9.59 Å². The summed E-state index contributed by atoms with van der Waals surface area (Å²) >= 11 is 12.0. The molecule has 5 rings (SSSR count). The molecule has 1 N–H and O–H groups in total. The molecule has 0 bridgehead atoms. The lowest BCUT2D eigenvalue weighted by molar-refractivity contribution is -0.119. The van der Waals surface area contributed by atoms with Gasteiger partial charge in [-0.1, -0.05) is 82.9 Å². The lowest BCUT2D eigenvalue weighted by atomic mass is 10.0. The molecule has 1 heterocycles. The Bertz CT molecular complexity index is 1700. The van der Waals surface area contributed by atoms with E-state index in [1.807, 2.05) is 62.4 Å². The Balaban J connectivity index is 1.41. The normalized spacial score (nSPS) is 10.9. The Morgan fingerprint density at radius 2 is 1.33 bits per heavy atom. The van der Waals surface area contributed by atoms with E-state index < -0.39 is 18.5 Å². The Morgan fingerprint density at radius 1 is 0.744 bits per heavy atom. The number of rotatable bonds is 6. The van der Waals surface area contributed by atoms with Crippen molar-refractivity contribution >= 4 is 51.8 Å². The first-order valence-corrected chi connectivity index (χ1v) is 12.9. The fourth-order valence-electron chi connectivity index (χ4n) is 4.00. The number of nitrogens with zero attached hydrogens (tertiary/aromatic N) is 2. The maximum atomic E-state index is 12.8. The summed E-state index contributed by atoms with van der Waals surface area (Å²) in [4.78, 5) is 34.9. The number of fused-ring (bicyclic) bond motifs is 1. The van der Waals surface area contributed by atoms with E-state index >= 15 is 0 Å². The van der Waals surface area contributed by atoms with Crippen molar-refractivity contribution in [2.24, 2.45) is 0 Å². The SMILES string of the molecule is Cc1ccc(-c2nc3ccc(C(=O)OCC(=O)Nc4ccc(Cl)cc4Cl)cc3nc2-c2ccc(C)cc2)cc1. The molecule has 0 radical (unpaired) electrons. The van der Waals surface area contributed by atoms with Gasteiger partial charge in [0, 0.05) is 16.1 Å². The third-order valence-corrected chi connectivity index (χ3v) is 6.64. The van der Waals surface area contributed by atoms with Crippen LogP contribution in [0.2, 0.25) is 10.0 Å². The number of aromatic nitrogens is 2. The van der Waals surface area contributed by atoms with Gasteiger partial charge in [0.05, 0.1) is 38.7 Å². The van der Waals surface area contributed by atoms with Crippen LogP contribution in [0.5, 0.6) is 0 Å². The summed E-state index contributed by atoms with van der Waals surface area (Å²) in [5.41, 5.74) is 7.39. The standard InChI is InChI=1S/C31H23Cl2N3O3/c1-18-3-7-20(8-4-18)29-30(21-9-5-19(2)6-10-21)36-27-15-22(11-13-26(27)35-29)31(38)39-17-28(37)34-25-14-12-23(32)16-24(25)33/h3-16H,17H2,1-2H3,(H,34,37). The molecule has 0 saturated carbocycles. The number of carbonyl (C=O) groups excluding carboxylic acids is 2. The molecule has 0 atom stereocenters. The average Bonchev–Trinajstić information content (AvgIpc) is 2.93. The van der Waals surface area contributed by atoms with E-state index in [0.717, 1.165) is 27.9 Å². The first-order chi connectivity index (χ1) is 18.8. The number of carbonyl (C=O) groups is 2. The molecule has 0 unspecified atom stereocenters. The Morgan fingerprint density at radius 3 is 1.92 bits per heavy atom. The van der Waals surface area contributed by atoms with Crippen molar-refractivity contribution in [2.45, 2.75) is 13.8 Å². The van der Waals surface area contributed by atoms with Crippen molar-refractivity contribution in [1.29, 1.82) is 0 Å². The molecule has 1 amide bonds. The molecule has 0 aliphatic rings. The molecule has 5 aromatic rings. The summed E-state index contributed by atoms with van der Waals surface area (Å²) < 4.78 is 5.24. The van der Waals surface area contributed by atoms with E-state index in [1.54, 1.807) is 30.3 Å². The molecule has 4 aromatic carbocycles. The molecule has 0 saturated heterocycles. The van der Waals surface area contributed by atoms with Gasteiger partial charge >= 0.3 is 5.97 Å². The molecular formula is C31H23Cl2N3O3. The summed E-state index contributed by atoms with van der Waals surface area (Å²) in [5.74, 6) is -1.19. The van der Waals surface area contributed by atoms with E-state index in [1.165, 1.54) is 6.07 Å². The second-order valence-electron chi connectivity index (χ2n) is 9.10. The van der Waals surface area contributed by atoms with Crippen LogP contribution in [-0.4, -0.2) is 28.5 Å². The predicted octanol–water partition coefficient (Wildman–Crippen LogP) is 7.68. The minimum absolute atomic E-state index is 0.257. The number of anilines is 1. The van der Waals surface area contributed by atoms with Gasteiger partial charge in [0.25, 0.3) is 5.91 Å². The number of esters is 1. The number of hydrogen-bond acceptors (Lipinski definition) is 5. The lowest BCUT2D eigenvalue weighted by Gasteiger charge is -2.12. The van der Waals surface area contributed by atoms with Gasteiger partial charge in [-0.3, -0.25) is 4.79 Å². The summed E-state index contributed by atoms with van der Waals surface area (Å²) in [5, 5.41) is 3.33. The molecule has 39 heavy (non-hydrogen) atoms. The van der Waals surface area contributed by atoms with Crippen LogP contribution in [0, 0.1) is 13.8 Å². The molecule has 1 aromatic heterocycles. The molecule has 0 aliphatic carbocycles. The topological polar surface area (TPSA) is 81.2 Å². The molecule has 194 valence electrons. The quantitative estimate of drug-likeness (QED) is 0.217. The average molecular weight is 556 g/mol. The number of ether oxygens (including phenoxy) is 1. The van der Waals surface area contributed by atoms with Gasteiger partial charge in [-0.25, -0.2) is 14.8 Å². The largest absolute Gasteiger partial charge is 0.452 e. The zero-order valence-corrected chi connectivity index (χ0v) is 22.7. The highest BCUT2D eigenvalue weighted by Gasteiger charge is 2.17. The minimum Gasteiger partial charge on any atom is -0.452 e. The van der Waals surface area contributed by atoms with Crippen molar-refractivity contribution < 1.29 is 14.3 Å². The summed E-state index contributed by atoms with van der Waals surface area (Å²) in [6.07, 6.45) is 0. The highest BCUT2D eigenvalue weighted by Crippen LogP contribution is 2.32. The predicted molar refractivity (Wildman–Crippen MR) is 155 cm³/mol. The number of aryl methyl sites for hydroxylation is 2. The van der Waals surface area contributed by atoms with Crippen molar-refractivity contribution in [3.63, 3.8) is 0 Å². The van der Waals surface area contributed by atoms with Crippen molar-refractivity contribution in [3.05, 3.63) is 112 Å². The van der Waals surface area contributed by atoms with Crippen molar-refractivity contribution in [2.75, 3.05) is 11.9 Å². The third kappa shape index (κ3) is 6.08. The van der Waals surface area contributed by atoms with Crippen LogP contribution in [0.25, 0.3) is 33.5 Å². The van der Waals surface area contributed by atoms with E-state index in [2.05, 4.69) is 5.32 Å². The molecular weight excluding hydrogens is 533 g/mol. The number of hydrogen-bond donors (Lipinski definition) is 1. The zero-order valence-electron chi connectivity index (χ0n) is 21.2. The fraction of sp³-hybridized carbons (Fsp3) is 0.0968. The Labute approximate surface area is 235 Å². The first kappa shape index (κ1) is 26.4. The molecule has 0 aliphatic heterocycles. The van der Waals surface area contributed by atoms with Gasteiger partial charge in [-0.15, -0.1) is 0 Å². The summed E-state index contributed by atoms with van der Waals surface area (Å²) in [6, 6.07) is 25.8. The van der Waals surface area contributed by atoms with Gasteiger partial charge < -0.3 is 10.1 Å². The number of benzene rings is 4. The molecule has 6 nitrogen and oxygen atoms in total. The van der Waals surface area contributed by atoms with E-state index in [-0.39, 0.29) is 10.6 Å². The number of halogens is 2. The first-order valence-electron chi connectivity index (χ1n) is 12.1. The van der Waals surface area contributed by atoms with Gasteiger partial charge in [0.1, 0.15) is 0 Å². The highest BCUT2D eigenvalue weighted by atomic mass is 35.5. The minimum atomic E-state index is -0.657. The molecule has 8 heteroatoms. The zero-order chi connectivity index (χ0) is 27.5. The fourth-order valence-corrected chi connectivity index (χ4v) is 4.45. The van der Waals surface area contributed by atoms with Gasteiger partial charge in [0.15, 0.2) is 6.61 Å². The van der Waals surface area contributed by atoms with Crippen LogP contribution in [0.1, 0.15) is 21.5 Å². The summed E-state index contributed by atoms with van der Waals surface area (Å²) in [7, 11) is 0. The van der Waals surface area contributed by atoms with Crippen LogP contribution >= 0.6 is 23.2 Å². The molecule has 0 spiro atoms. The summed E-state index contributed by atoms with van der Waals surface area (Å²) in [6.45, 7) is 3.58. The Hall–Kier alpha value is -4.26. The van der Waals surface area contributed by atoms with Crippen LogP contribution in [0.15, 0.2) is 84.9 Å². The Kier molecular flexibility index (Phi) is 7.59. The van der Waals surface area contributed by atoms with E-state index in [0.29, 0.717) is 27.4 Å². The van der Waals surface area contributed by atoms with E-state index in [4.69, 9.17) is 37.9 Å². The third-order valence-electron chi connectivity index (χ3n) is 6.09. The second-order valence-corrected chi connectivity index (χ2v) is 9.95. The van der Waals surface area contributed by atoms with Crippen LogP contribution < -0.4 is 5.32 Å². The lowest BCUT2D eigenvalue weighted by Crippen LogP contribution is -2.21. The van der Waals surface area contributed by atoms with Crippen LogP contribution in [0.3, 0.4) is 0 Å². The smallest absolute Gasteiger partial charge is 0.338 e. The van der Waals surface area contributed by atoms with Gasteiger partial charge in [-0.05, 0) is 50.2 Å².